The van der Waals surface area contributed by atoms with Crippen molar-refractivity contribution in [3.63, 3.8) is 0 Å². The largest absolute Gasteiger partial charge is 0.481 e. The Morgan fingerprint density at radius 1 is 1.14 bits per heavy atom. The van der Waals surface area contributed by atoms with E-state index >= 15 is 0 Å². The van der Waals surface area contributed by atoms with Crippen molar-refractivity contribution < 1.29 is 43.2 Å². The molecule has 9 nitrogen and oxygen atoms in total. The molecule has 3 saturated heterocycles. The molecule has 28 heavy (non-hydrogen) atoms. The van der Waals surface area contributed by atoms with Crippen LogP contribution < -0.4 is 0 Å². The van der Waals surface area contributed by atoms with E-state index in [0.717, 1.165) is 6.42 Å². The molecule has 6 unspecified atom stereocenters. The minimum Gasteiger partial charge on any atom is -0.481 e. The third-order valence-corrected chi connectivity index (χ3v) is 6.10. The molecule has 0 spiro atoms. The quantitative estimate of drug-likeness (QED) is 0.408. The molecular formula is C19H22O9. The van der Waals surface area contributed by atoms with Gasteiger partial charge in [0.2, 0.25) is 5.60 Å². The van der Waals surface area contributed by atoms with Crippen LogP contribution in [-0.2, 0) is 38.1 Å². The zero-order valence-electron chi connectivity index (χ0n) is 15.4. The standard InChI is InChI=1S/C19H22O9/c1-8(2)16(22)28-19(6-4-3-5-7-19)18(24)27-14-11-9(15(20)21)10-12(25-11)13(14)26-17(10)23/h9-14H,1,3-7H2,2H3,(H,20,21). The maximum atomic E-state index is 13.1. The van der Waals surface area contributed by atoms with Gasteiger partial charge in [0, 0.05) is 5.57 Å². The van der Waals surface area contributed by atoms with Crippen LogP contribution in [0.5, 0.6) is 0 Å². The average Bonchev–Trinajstić information content (AvgIpc) is 3.25. The monoisotopic (exact) mass is 394 g/mol. The smallest absolute Gasteiger partial charge is 0.351 e. The fourth-order valence-corrected chi connectivity index (χ4v) is 4.72. The first-order valence-corrected chi connectivity index (χ1v) is 9.44. The highest BCUT2D eigenvalue weighted by Crippen LogP contribution is 2.51. The number of carbonyl (C=O) groups is 4. The Morgan fingerprint density at radius 3 is 2.43 bits per heavy atom. The first-order chi connectivity index (χ1) is 13.2. The Morgan fingerprint density at radius 2 is 1.82 bits per heavy atom. The lowest BCUT2D eigenvalue weighted by Crippen LogP contribution is -2.52. The van der Waals surface area contributed by atoms with Gasteiger partial charge in [0.15, 0.2) is 12.2 Å². The average molecular weight is 394 g/mol. The van der Waals surface area contributed by atoms with Gasteiger partial charge in [0.1, 0.15) is 24.0 Å². The molecule has 0 aromatic heterocycles. The van der Waals surface area contributed by atoms with Gasteiger partial charge in [0.25, 0.3) is 0 Å². The minimum atomic E-state index is -1.45. The summed E-state index contributed by atoms with van der Waals surface area (Å²) in [6.45, 7) is 5.03. The summed E-state index contributed by atoms with van der Waals surface area (Å²) in [7, 11) is 0. The topological polar surface area (TPSA) is 125 Å². The van der Waals surface area contributed by atoms with Crippen LogP contribution in [-0.4, -0.2) is 59.0 Å². The van der Waals surface area contributed by atoms with E-state index in [-0.39, 0.29) is 5.57 Å². The van der Waals surface area contributed by atoms with E-state index in [0.29, 0.717) is 25.7 Å². The van der Waals surface area contributed by atoms with Crippen LogP contribution in [0.2, 0.25) is 0 Å². The highest BCUT2D eigenvalue weighted by atomic mass is 16.7. The van der Waals surface area contributed by atoms with Crippen LogP contribution >= 0.6 is 0 Å². The number of ether oxygens (including phenoxy) is 4. The van der Waals surface area contributed by atoms with Crippen LogP contribution in [0.25, 0.3) is 0 Å². The predicted molar refractivity (Wildman–Crippen MR) is 89.8 cm³/mol. The van der Waals surface area contributed by atoms with E-state index < -0.39 is 65.7 Å². The van der Waals surface area contributed by atoms with Gasteiger partial charge < -0.3 is 24.1 Å². The Balaban J connectivity index is 1.56. The summed E-state index contributed by atoms with van der Waals surface area (Å²) >= 11 is 0. The Labute approximate surface area is 160 Å². The van der Waals surface area contributed by atoms with Gasteiger partial charge >= 0.3 is 23.9 Å². The van der Waals surface area contributed by atoms with Crippen molar-refractivity contribution in [1.82, 2.24) is 0 Å². The molecule has 9 heteroatoms. The van der Waals surface area contributed by atoms with Gasteiger partial charge in [-0.25, -0.2) is 9.59 Å². The van der Waals surface area contributed by atoms with Gasteiger partial charge in [-0.3, -0.25) is 9.59 Å². The van der Waals surface area contributed by atoms with Crippen molar-refractivity contribution in [1.29, 1.82) is 0 Å². The zero-order valence-corrected chi connectivity index (χ0v) is 15.4. The highest BCUT2D eigenvalue weighted by Gasteiger charge is 2.72. The molecule has 0 amide bonds. The molecule has 3 heterocycles. The number of fused-ring (bicyclic) bond motifs is 1. The predicted octanol–water partition coefficient (Wildman–Crippen LogP) is 0.744. The summed E-state index contributed by atoms with van der Waals surface area (Å²) < 4.78 is 22.0. The number of carboxylic acid groups (broad SMARTS) is 1. The van der Waals surface area contributed by atoms with Crippen molar-refractivity contribution in [2.24, 2.45) is 11.8 Å². The summed E-state index contributed by atoms with van der Waals surface area (Å²) in [5, 5.41) is 9.50. The number of aliphatic carboxylic acids is 1. The fourth-order valence-electron chi connectivity index (χ4n) is 4.72. The third-order valence-electron chi connectivity index (χ3n) is 6.10. The highest BCUT2D eigenvalue weighted by molar-refractivity contribution is 5.91. The van der Waals surface area contributed by atoms with Crippen LogP contribution in [0.3, 0.4) is 0 Å². The van der Waals surface area contributed by atoms with E-state index in [1.54, 1.807) is 0 Å². The number of carbonyl (C=O) groups excluding carboxylic acids is 3. The van der Waals surface area contributed by atoms with Crippen molar-refractivity contribution in [3.05, 3.63) is 12.2 Å². The van der Waals surface area contributed by atoms with E-state index in [2.05, 4.69) is 6.58 Å². The van der Waals surface area contributed by atoms with Gasteiger partial charge in [-0.1, -0.05) is 13.0 Å². The van der Waals surface area contributed by atoms with E-state index in [1.807, 2.05) is 0 Å². The number of rotatable bonds is 5. The second-order valence-corrected chi connectivity index (χ2v) is 7.95. The first-order valence-electron chi connectivity index (χ1n) is 9.44. The SMILES string of the molecule is C=C(C)C(=O)OC1(C(=O)OC2C3OC(=O)C4C3OC2C4C(=O)O)CCCCC1. The van der Waals surface area contributed by atoms with Gasteiger partial charge in [-0.15, -0.1) is 0 Å². The minimum absolute atomic E-state index is 0.166. The molecule has 152 valence electrons. The van der Waals surface area contributed by atoms with Gasteiger partial charge in [0.05, 0.1) is 0 Å². The van der Waals surface area contributed by atoms with Crippen LogP contribution in [0.4, 0.5) is 0 Å². The molecular weight excluding hydrogens is 372 g/mol. The maximum Gasteiger partial charge on any atom is 0.351 e. The van der Waals surface area contributed by atoms with Crippen molar-refractivity contribution in [3.8, 4) is 0 Å². The molecule has 1 aliphatic carbocycles. The van der Waals surface area contributed by atoms with Crippen molar-refractivity contribution in [2.45, 2.75) is 69.0 Å². The molecule has 3 aliphatic heterocycles. The third kappa shape index (κ3) is 2.71. The van der Waals surface area contributed by atoms with Gasteiger partial charge in [-0.05, 0) is 32.6 Å². The first kappa shape index (κ1) is 18.9. The zero-order chi connectivity index (χ0) is 20.2. The van der Waals surface area contributed by atoms with E-state index in [1.165, 1.54) is 6.92 Å². The number of hydrogen-bond donors (Lipinski definition) is 1. The Kier molecular flexibility index (Phi) is 4.45. The molecule has 1 N–H and O–H groups in total. The number of esters is 3. The van der Waals surface area contributed by atoms with Crippen molar-refractivity contribution >= 4 is 23.9 Å². The molecule has 0 aromatic carbocycles. The molecule has 4 fully saturated rings. The molecule has 6 atom stereocenters. The Bertz CT molecular complexity index is 751. The molecule has 0 radical (unpaired) electrons. The van der Waals surface area contributed by atoms with E-state index in [4.69, 9.17) is 18.9 Å². The van der Waals surface area contributed by atoms with E-state index in [9.17, 15) is 24.3 Å². The second kappa shape index (κ2) is 6.58. The van der Waals surface area contributed by atoms with Crippen LogP contribution in [0.1, 0.15) is 39.0 Å². The summed E-state index contributed by atoms with van der Waals surface area (Å²) in [6.07, 6.45) is -0.692. The maximum absolute atomic E-state index is 13.1. The second-order valence-electron chi connectivity index (χ2n) is 7.95. The summed E-state index contributed by atoms with van der Waals surface area (Å²) in [4.78, 5) is 48.8. The van der Waals surface area contributed by atoms with Crippen molar-refractivity contribution in [2.75, 3.05) is 0 Å². The lowest BCUT2D eigenvalue weighted by atomic mass is 9.78. The molecule has 4 aliphatic rings. The lowest BCUT2D eigenvalue weighted by molar-refractivity contribution is -0.194. The molecule has 1 saturated carbocycles. The fraction of sp³-hybridized carbons (Fsp3) is 0.684. The summed E-state index contributed by atoms with van der Waals surface area (Å²) in [6, 6.07) is 0. The Hall–Kier alpha value is -2.42. The molecule has 2 bridgehead atoms. The lowest BCUT2D eigenvalue weighted by Gasteiger charge is -2.36. The van der Waals surface area contributed by atoms with Crippen LogP contribution in [0, 0.1) is 11.8 Å². The van der Waals surface area contributed by atoms with Crippen LogP contribution in [0.15, 0.2) is 12.2 Å². The van der Waals surface area contributed by atoms with Gasteiger partial charge in [-0.2, -0.15) is 0 Å². The molecule has 0 aromatic rings. The summed E-state index contributed by atoms with van der Waals surface area (Å²) in [5.41, 5.74) is -1.28. The number of hydrogen-bond acceptors (Lipinski definition) is 8. The normalized spacial score (nSPS) is 37.2. The molecule has 4 rings (SSSR count). The summed E-state index contributed by atoms with van der Waals surface area (Å²) in [5.74, 6) is -5.30. The number of carboxylic acids is 1.